The fraction of sp³-hybridized carbons (Fsp3) is 0.188. The lowest BCUT2D eigenvalue weighted by Crippen LogP contribution is -2.30. The smallest absolute Gasteiger partial charge is 0.238 e. The molecular formula is C16H15F3N2O. The van der Waals surface area contributed by atoms with E-state index in [-0.39, 0.29) is 18.0 Å². The lowest BCUT2D eigenvalue weighted by Gasteiger charge is -2.16. The highest BCUT2D eigenvalue weighted by Crippen LogP contribution is 2.15. The van der Waals surface area contributed by atoms with E-state index in [0.29, 0.717) is 12.6 Å². The maximum Gasteiger partial charge on any atom is 0.238 e. The highest BCUT2D eigenvalue weighted by atomic mass is 19.1. The third-order valence-corrected chi connectivity index (χ3v) is 2.96. The third-order valence-electron chi connectivity index (χ3n) is 2.96. The van der Waals surface area contributed by atoms with Crippen LogP contribution in [0.3, 0.4) is 0 Å². The molecule has 0 fully saturated rings. The molecule has 2 rings (SSSR count). The van der Waals surface area contributed by atoms with Gasteiger partial charge in [-0.25, -0.2) is 13.2 Å². The van der Waals surface area contributed by atoms with Crippen LogP contribution < -0.4 is 5.32 Å². The van der Waals surface area contributed by atoms with Gasteiger partial charge in [0.1, 0.15) is 17.5 Å². The zero-order chi connectivity index (χ0) is 16.1. The van der Waals surface area contributed by atoms with E-state index in [1.807, 2.05) is 0 Å². The molecule has 0 aromatic heterocycles. The molecule has 116 valence electrons. The highest BCUT2D eigenvalue weighted by molar-refractivity contribution is 5.92. The van der Waals surface area contributed by atoms with E-state index in [1.54, 1.807) is 24.1 Å². The van der Waals surface area contributed by atoms with Gasteiger partial charge in [0.05, 0.1) is 12.2 Å². The number of amides is 1. The molecule has 0 atom stereocenters. The van der Waals surface area contributed by atoms with Crippen molar-refractivity contribution in [1.29, 1.82) is 0 Å². The van der Waals surface area contributed by atoms with Crippen molar-refractivity contribution in [3.05, 3.63) is 65.5 Å². The van der Waals surface area contributed by atoms with E-state index >= 15 is 0 Å². The third kappa shape index (κ3) is 4.60. The van der Waals surface area contributed by atoms with Gasteiger partial charge in [0.25, 0.3) is 0 Å². The second kappa shape index (κ2) is 7.09. The van der Waals surface area contributed by atoms with Gasteiger partial charge in [0.2, 0.25) is 5.91 Å². The summed E-state index contributed by atoms with van der Waals surface area (Å²) in [5.74, 6) is -2.33. The van der Waals surface area contributed by atoms with Crippen molar-refractivity contribution in [1.82, 2.24) is 4.90 Å². The maximum atomic E-state index is 13.4. The van der Waals surface area contributed by atoms with Crippen LogP contribution in [-0.2, 0) is 11.3 Å². The molecule has 0 aliphatic carbocycles. The van der Waals surface area contributed by atoms with E-state index in [4.69, 9.17) is 0 Å². The van der Waals surface area contributed by atoms with E-state index in [2.05, 4.69) is 5.32 Å². The minimum Gasteiger partial charge on any atom is -0.322 e. The number of hydrogen-bond donors (Lipinski definition) is 1. The SMILES string of the molecule is CN(CC(=O)Nc1ccc(F)cc1F)Cc1cccc(F)c1. The molecule has 0 saturated heterocycles. The summed E-state index contributed by atoms with van der Waals surface area (Å²) < 4.78 is 39.3. The Labute approximate surface area is 126 Å². The quantitative estimate of drug-likeness (QED) is 0.920. The number of benzene rings is 2. The molecule has 2 aromatic rings. The van der Waals surface area contributed by atoms with Gasteiger partial charge >= 0.3 is 0 Å². The summed E-state index contributed by atoms with van der Waals surface area (Å²) >= 11 is 0. The van der Waals surface area contributed by atoms with Gasteiger partial charge in [0, 0.05) is 12.6 Å². The number of hydrogen-bond acceptors (Lipinski definition) is 2. The second-order valence-electron chi connectivity index (χ2n) is 4.97. The molecule has 22 heavy (non-hydrogen) atoms. The van der Waals surface area contributed by atoms with Gasteiger partial charge in [-0.2, -0.15) is 0 Å². The van der Waals surface area contributed by atoms with Crippen LogP contribution in [0.4, 0.5) is 18.9 Å². The Balaban J connectivity index is 1.91. The van der Waals surface area contributed by atoms with Gasteiger partial charge < -0.3 is 5.32 Å². The second-order valence-corrected chi connectivity index (χ2v) is 4.97. The van der Waals surface area contributed by atoms with Crippen molar-refractivity contribution in [3.8, 4) is 0 Å². The zero-order valence-corrected chi connectivity index (χ0v) is 11.9. The summed E-state index contributed by atoms with van der Waals surface area (Å²) in [6.07, 6.45) is 0. The zero-order valence-electron chi connectivity index (χ0n) is 11.9. The Hall–Kier alpha value is -2.34. The fourth-order valence-electron chi connectivity index (χ4n) is 2.03. The lowest BCUT2D eigenvalue weighted by molar-refractivity contribution is -0.117. The number of likely N-dealkylation sites (N-methyl/N-ethyl adjacent to an activating group) is 1. The predicted octanol–water partition coefficient (Wildman–Crippen LogP) is 3.17. The Morgan fingerprint density at radius 2 is 1.82 bits per heavy atom. The first-order valence-electron chi connectivity index (χ1n) is 6.62. The van der Waals surface area contributed by atoms with Crippen LogP contribution in [0.25, 0.3) is 0 Å². The van der Waals surface area contributed by atoms with E-state index in [9.17, 15) is 18.0 Å². The Bertz CT molecular complexity index is 676. The van der Waals surface area contributed by atoms with Crippen LogP contribution in [0, 0.1) is 17.5 Å². The molecule has 0 aliphatic heterocycles. The first kappa shape index (κ1) is 16.0. The minimum atomic E-state index is -0.832. The van der Waals surface area contributed by atoms with Crippen molar-refractivity contribution in [2.24, 2.45) is 0 Å². The molecular weight excluding hydrogens is 293 g/mol. The summed E-state index contributed by atoms with van der Waals surface area (Å²) in [6.45, 7) is 0.365. The summed E-state index contributed by atoms with van der Waals surface area (Å²) in [4.78, 5) is 13.5. The van der Waals surface area contributed by atoms with Gasteiger partial charge in [-0.05, 0) is 36.9 Å². The molecule has 0 bridgehead atoms. The van der Waals surface area contributed by atoms with Gasteiger partial charge in [-0.1, -0.05) is 12.1 Å². The number of anilines is 1. The largest absolute Gasteiger partial charge is 0.322 e. The average molecular weight is 308 g/mol. The average Bonchev–Trinajstić information content (AvgIpc) is 2.41. The Morgan fingerprint density at radius 3 is 2.50 bits per heavy atom. The van der Waals surface area contributed by atoms with E-state index in [0.717, 1.165) is 17.7 Å². The number of halogens is 3. The monoisotopic (exact) mass is 308 g/mol. The number of nitrogens with zero attached hydrogens (tertiary/aromatic N) is 1. The van der Waals surface area contributed by atoms with Crippen LogP contribution in [0.2, 0.25) is 0 Å². The van der Waals surface area contributed by atoms with Crippen molar-refractivity contribution in [2.75, 3.05) is 18.9 Å². The van der Waals surface area contributed by atoms with Crippen LogP contribution in [0.15, 0.2) is 42.5 Å². The summed E-state index contributed by atoms with van der Waals surface area (Å²) in [6, 6.07) is 8.99. The predicted molar refractivity (Wildman–Crippen MR) is 77.7 cm³/mol. The van der Waals surface area contributed by atoms with E-state index < -0.39 is 17.5 Å². The molecule has 0 radical (unpaired) electrons. The van der Waals surface area contributed by atoms with Crippen molar-refractivity contribution < 1.29 is 18.0 Å². The molecule has 2 aromatic carbocycles. The Kier molecular flexibility index (Phi) is 5.16. The van der Waals surface area contributed by atoms with Crippen LogP contribution >= 0.6 is 0 Å². The molecule has 0 saturated carbocycles. The van der Waals surface area contributed by atoms with Gasteiger partial charge in [-0.15, -0.1) is 0 Å². The fourth-order valence-corrected chi connectivity index (χ4v) is 2.03. The molecule has 6 heteroatoms. The first-order valence-corrected chi connectivity index (χ1v) is 6.62. The summed E-state index contributed by atoms with van der Waals surface area (Å²) in [7, 11) is 1.69. The number of rotatable bonds is 5. The first-order chi connectivity index (χ1) is 10.4. The maximum absolute atomic E-state index is 13.4. The minimum absolute atomic E-state index is 0.00662. The van der Waals surface area contributed by atoms with Gasteiger partial charge in [-0.3, -0.25) is 9.69 Å². The number of carbonyl (C=O) groups is 1. The summed E-state index contributed by atoms with van der Waals surface area (Å²) in [5, 5.41) is 2.37. The van der Waals surface area contributed by atoms with Crippen LogP contribution in [0.5, 0.6) is 0 Å². The molecule has 0 aliphatic rings. The highest BCUT2D eigenvalue weighted by Gasteiger charge is 2.11. The number of carbonyl (C=O) groups excluding carboxylic acids is 1. The molecule has 1 N–H and O–H groups in total. The lowest BCUT2D eigenvalue weighted by atomic mass is 10.2. The molecule has 0 heterocycles. The normalized spacial score (nSPS) is 10.8. The van der Waals surface area contributed by atoms with Crippen molar-refractivity contribution in [2.45, 2.75) is 6.54 Å². The topological polar surface area (TPSA) is 32.3 Å². The van der Waals surface area contributed by atoms with Gasteiger partial charge in [0.15, 0.2) is 0 Å². The van der Waals surface area contributed by atoms with Crippen LogP contribution in [0.1, 0.15) is 5.56 Å². The molecule has 3 nitrogen and oxygen atoms in total. The molecule has 1 amide bonds. The Morgan fingerprint density at radius 1 is 1.09 bits per heavy atom. The standard InChI is InChI=1S/C16H15F3N2O/c1-21(9-11-3-2-4-12(17)7-11)10-16(22)20-15-6-5-13(18)8-14(15)19/h2-8H,9-10H2,1H3,(H,20,22). The van der Waals surface area contributed by atoms with Crippen LogP contribution in [-0.4, -0.2) is 24.4 Å². The van der Waals surface area contributed by atoms with E-state index in [1.165, 1.54) is 12.1 Å². The van der Waals surface area contributed by atoms with Crippen molar-refractivity contribution >= 4 is 11.6 Å². The van der Waals surface area contributed by atoms with Crippen molar-refractivity contribution in [3.63, 3.8) is 0 Å². The molecule has 0 spiro atoms. The summed E-state index contributed by atoms with van der Waals surface area (Å²) in [5.41, 5.74) is 0.647. The number of nitrogens with one attached hydrogen (secondary N) is 1. The molecule has 0 unspecified atom stereocenters.